The summed E-state index contributed by atoms with van der Waals surface area (Å²) in [5.41, 5.74) is 0.830. The van der Waals surface area contributed by atoms with Gasteiger partial charge in [-0.2, -0.15) is 16.8 Å². The molecule has 0 saturated carbocycles. The molecule has 11 heteroatoms. The van der Waals surface area contributed by atoms with Gasteiger partial charge in [-0.05, 0) is 43.9 Å². The minimum Gasteiger partial charge on any atom is -0.490 e. The fraction of sp³-hybridized carbons (Fsp3) is 0.625. The van der Waals surface area contributed by atoms with Crippen LogP contribution in [0.5, 0.6) is 17.2 Å². The van der Waals surface area contributed by atoms with E-state index < -0.39 is 31.7 Å². The monoisotopic (exact) mass is 426 g/mol. The fourth-order valence-electron chi connectivity index (χ4n) is 2.12. The van der Waals surface area contributed by atoms with Crippen LogP contribution in [0.25, 0.3) is 0 Å². The van der Waals surface area contributed by atoms with Crippen LogP contribution in [0.15, 0.2) is 12.1 Å². The Morgan fingerprint density at radius 1 is 0.815 bits per heavy atom. The van der Waals surface area contributed by atoms with Gasteiger partial charge in [-0.15, -0.1) is 0 Å². The fourth-order valence-corrected chi connectivity index (χ4v) is 3.08. The van der Waals surface area contributed by atoms with Crippen LogP contribution in [0.4, 0.5) is 0 Å². The molecule has 0 spiro atoms. The van der Waals surface area contributed by atoms with Crippen LogP contribution in [0, 0.1) is 6.92 Å². The highest BCUT2D eigenvalue weighted by Gasteiger charge is 2.16. The van der Waals surface area contributed by atoms with E-state index in [0.29, 0.717) is 18.1 Å². The summed E-state index contributed by atoms with van der Waals surface area (Å²) in [4.78, 5) is 0. The van der Waals surface area contributed by atoms with Crippen molar-refractivity contribution in [3.63, 3.8) is 0 Å². The van der Waals surface area contributed by atoms with Crippen LogP contribution in [-0.4, -0.2) is 57.3 Å². The van der Waals surface area contributed by atoms with Crippen molar-refractivity contribution in [2.45, 2.75) is 33.1 Å². The van der Waals surface area contributed by atoms with Crippen molar-refractivity contribution in [3.8, 4) is 17.2 Å². The Kier molecular flexibility index (Phi) is 9.30. The van der Waals surface area contributed by atoms with Crippen molar-refractivity contribution < 1.29 is 40.2 Å². The molecule has 0 unspecified atom stereocenters. The Labute approximate surface area is 160 Å². The largest absolute Gasteiger partial charge is 0.490 e. The van der Waals surface area contributed by atoms with E-state index in [-0.39, 0.29) is 31.8 Å². The summed E-state index contributed by atoms with van der Waals surface area (Å²) in [6, 6.07) is 3.43. The van der Waals surface area contributed by atoms with Crippen LogP contribution >= 0.6 is 0 Å². The normalized spacial score (nSPS) is 12.0. The molecular weight excluding hydrogens is 400 g/mol. The van der Waals surface area contributed by atoms with Crippen LogP contribution < -0.4 is 14.2 Å². The highest BCUT2D eigenvalue weighted by atomic mass is 32.2. The van der Waals surface area contributed by atoms with E-state index >= 15 is 0 Å². The molecule has 0 aliphatic carbocycles. The predicted octanol–water partition coefficient (Wildman–Crippen LogP) is 2.10. The molecule has 1 aromatic carbocycles. The maximum absolute atomic E-state index is 10.8. The molecule has 9 nitrogen and oxygen atoms in total. The quantitative estimate of drug-likeness (QED) is 0.359. The summed E-state index contributed by atoms with van der Waals surface area (Å²) in [6.45, 7) is 4.23. The van der Waals surface area contributed by atoms with Crippen molar-refractivity contribution in [1.29, 1.82) is 0 Å². The van der Waals surface area contributed by atoms with E-state index in [1.165, 1.54) is 0 Å². The predicted molar refractivity (Wildman–Crippen MR) is 100 cm³/mol. The molecule has 0 aromatic heterocycles. The molecule has 0 saturated heterocycles. The number of hydrogen-bond acceptors (Lipinski definition) is 7. The number of benzene rings is 1. The molecule has 1 rings (SSSR count). The van der Waals surface area contributed by atoms with Gasteiger partial charge in [0.15, 0.2) is 11.5 Å². The van der Waals surface area contributed by atoms with Crippen LogP contribution in [0.3, 0.4) is 0 Å². The van der Waals surface area contributed by atoms with Crippen molar-refractivity contribution in [2.24, 2.45) is 0 Å². The lowest BCUT2D eigenvalue weighted by Crippen LogP contribution is -2.11. The molecule has 27 heavy (non-hydrogen) atoms. The molecule has 0 radical (unpaired) electrons. The van der Waals surface area contributed by atoms with Gasteiger partial charge in [0, 0.05) is 0 Å². The van der Waals surface area contributed by atoms with Crippen LogP contribution in [0.1, 0.15) is 31.7 Å². The molecule has 0 heterocycles. The van der Waals surface area contributed by atoms with Crippen molar-refractivity contribution in [3.05, 3.63) is 17.7 Å². The number of ether oxygens (including phenoxy) is 3. The zero-order chi connectivity index (χ0) is 20.5. The number of hydrogen-bond donors (Lipinski definition) is 2. The van der Waals surface area contributed by atoms with E-state index in [1.807, 2.05) is 13.8 Å². The van der Waals surface area contributed by atoms with Crippen molar-refractivity contribution in [1.82, 2.24) is 0 Å². The standard InChI is InChI=1S/C16H26O9S2/c1-3-6-23-14-11-13(2)12-15(24-7-4-9-26(17,18)19)16(14)25-8-5-10-27(20,21)22/h11-12H,3-10H2,1-2H3,(H,17,18,19)(H,20,21,22). The third kappa shape index (κ3) is 10.4. The summed E-state index contributed by atoms with van der Waals surface area (Å²) in [5.74, 6) is 0.157. The van der Waals surface area contributed by atoms with E-state index in [4.69, 9.17) is 23.3 Å². The van der Waals surface area contributed by atoms with E-state index in [2.05, 4.69) is 0 Å². The van der Waals surface area contributed by atoms with Gasteiger partial charge in [0.1, 0.15) is 0 Å². The average molecular weight is 427 g/mol. The minimum atomic E-state index is -4.07. The molecule has 0 aliphatic rings. The summed E-state index contributed by atoms with van der Waals surface area (Å²) in [6.07, 6.45) is 0.920. The van der Waals surface area contributed by atoms with Crippen molar-refractivity contribution in [2.75, 3.05) is 31.3 Å². The number of rotatable bonds is 13. The molecular formula is C16H26O9S2. The van der Waals surface area contributed by atoms with Crippen molar-refractivity contribution >= 4 is 20.2 Å². The Morgan fingerprint density at radius 2 is 1.26 bits per heavy atom. The Balaban J connectivity index is 2.88. The van der Waals surface area contributed by atoms with Gasteiger partial charge in [0.2, 0.25) is 5.75 Å². The maximum Gasteiger partial charge on any atom is 0.264 e. The third-order valence-electron chi connectivity index (χ3n) is 3.22. The van der Waals surface area contributed by atoms with E-state index in [9.17, 15) is 16.8 Å². The van der Waals surface area contributed by atoms with E-state index in [1.54, 1.807) is 12.1 Å². The van der Waals surface area contributed by atoms with Crippen LogP contribution in [-0.2, 0) is 20.2 Å². The van der Waals surface area contributed by atoms with Gasteiger partial charge in [-0.1, -0.05) is 6.92 Å². The lowest BCUT2D eigenvalue weighted by atomic mass is 10.2. The van der Waals surface area contributed by atoms with Crippen LogP contribution in [0.2, 0.25) is 0 Å². The molecule has 156 valence electrons. The molecule has 0 bridgehead atoms. The van der Waals surface area contributed by atoms with Gasteiger partial charge >= 0.3 is 0 Å². The first kappa shape index (κ1) is 23.5. The Morgan fingerprint density at radius 3 is 1.70 bits per heavy atom. The second kappa shape index (κ2) is 10.7. The first-order chi connectivity index (χ1) is 12.5. The lowest BCUT2D eigenvalue weighted by molar-refractivity contribution is 0.242. The zero-order valence-electron chi connectivity index (χ0n) is 15.4. The first-order valence-corrected chi connectivity index (χ1v) is 11.7. The second-order valence-corrected chi connectivity index (χ2v) is 9.06. The summed E-state index contributed by atoms with van der Waals surface area (Å²) >= 11 is 0. The summed E-state index contributed by atoms with van der Waals surface area (Å²) < 4.78 is 77.6. The molecule has 0 amide bonds. The molecule has 0 aliphatic heterocycles. The first-order valence-electron chi connectivity index (χ1n) is 8.45. The van der Waals surface area contributed by atoms with E-state index in [0.717, 1.165) is 12.0 Å². The summed E-state index contributed by atoms with van der Waals surface area (Å²) in [5, 5.41) is 0. The maximum atomic E-state index is 10.8. The highest BCUT2D eigenvalue weighted by molar-refractivity contribution is 7.86. The molecule has 2 N–H and O–H groups in total. The van der Waals surface area contributed by atoms with Gasteiger partial charge < -0.3 is 14.2 Å². The Hall–Kier alpha value is -1.56. The Bertz CT molecular complexity index is 801. The van der Waals surface area contributed by atoms with Gasteiger partial charge in [0.25, 0.3) is 20.2 Å². The molecule has 1 aromatic rings. The lowest BCUT2D eigenvalue weighted by Gasteiger charge is -2.18. The molecule has 0 atom stereocenters. The number of aryl methyl sites for hydroxylation is 1. The minimum absolute atomic E-state index is 0.00666. The summed E-state index contributed by atoms with van der Waals surface area (Å²) in [7, 11) is -8.14. The topological polar surface area (TPSA) is 136 Å². The molecule has 0 fully saturated rings. The highest BCUT2D eigenvalue weighted by Crippen LogP contribution is 2.39. The zero-order valence-corrected chi connectivity index (χ0v) is 17.0. The van der Waals surface area contributed by atoms with Gasteiger partial charge in [-0.3, -0.25) is 9.11 Å². The van der Waals surface area contributed by atoms with Gasteiger partial charge in [0.05, 0.1) is 31.3 Å². The smallest absolute Gasteiger partial charge is 0.264 e. The average Bonchev–Trinajstić information content (AvgIpc) is 2.53. The van der Waals surface area contributed by atoms with Gasteiger partial charge in [-0.25, -0.2) is 0 Å². The second-order valence-electron chi connectivity index (χ2n) is 5.91. The third-order valence-corrected chi connectivity index (χ3v) is 4.83. The SMILES string of the molecule is CCCOc1cc(C)cc(OCCCS(=O)(=O)O)c1OCCCS(=O)(=O)O.